The molecule has 3 heteroatoms. The molecule has 0 fully saturated rings. The maximum absolute atomic E-state index is 12.6. The minimum atomic E-state index is -0.426. The summed E-state index contributed by atoms with van der Waals surface area (Å²) in [4.78, 5) is 0.431. The Labute approximate surface area is 63.9 Å². The zero-order valence-corrected chi connectivity index (χ0v) is 6.32. The van der Waals surface area contributed by atoms with E-state index in [2.05, 4.69) is 12.6 Å². The Kier molecular flexibility index (Phi) is 1.85. The van der Waals surface area contributed by atoms with Crippen molar-refractivity contribution in [2.24, 2.45) is 0 Å². The maximum atomic E-state index is 12.6. The van der Waals surface area contributed by atoms with Crippen molar-refractivity contribution in [2.45, 2.75) is 11.8 Å². The average molecular weight is 158 g/mol. The molecule has 54 valence electrons. The van der Waals surface area contributed by atoms with Crippen LogP contribution in [0.3, 0.4) is 0 Å². The van der Waals surface area contributed by atoms with Crippen LogP contribution in [0.5, 0.6) is 5.75 Å². The largest absolute Gasteiger partial charge is 0.508 e. The molecule has 0 amide bonds. The average Bonchev–Trinajstić information content (AvgIpc) is 1.82. The summed E-state index contributed by atoms with van der Waals surface area (Å²) in [5, 5.41) is 8.99. The van der Waals surface area contributed by atoms with Crippen molar-refractivity contribution in [3.63, 3.8) is 0 Å². The van der Waals surface area contributed by atoms with Gasteiger partial charge in [-0.15, -0.1) is 12.6 Å². The van der Waals surface area contributed by atoms with E-state index < -0.39 is 5.82 Å². The summed E-state index contributed by atoms with van der Waals surface area (Å²) in [6.07, 6.45) is 0. The Balaban J connectivity index is 3.31. The van der Waals surface area contributed by atoms with Gasteiger partial charge in [0.2, 0.25) is 0 Å². The summed E-state index contributed by atoms with van der Waals surface area (Å²) < 4.78 is 12.6. The molecule has 0 aromatic heterocycles. The van der Waals surface area contributed by atoms with Gasteiger partial charge >= 0.3 is 0 Å². The number of phenols is 1. The van der Waals surface area contributed by atoms with Gasteiger partial charge in [-0.3, -0.25) is 0 Å². The molecule has 0 aliphatic heterocycles. The summed E-state index contributed by atoms with van der Waals surface area (Å²) in [6.45, 7) is 1.51. The second-order valence-corrected chi connectivity index (χ2v) is 2.59. The number of rotatable bonds is 0. The van der Waals surface area contributed by atoms with Gasteiger partial charge in [0.15, 0.2) is 0 Å². The molecule has 1 aromatic carbocycles. The number of thiol groups is 1. The molecule has 1 N–H and O–H groups in total. The molecule has 1 rings (SSSR count). The molecule has 0 bridgehead atoms. The van der Waals surface area contributed by atoms with Crippen molar-refractivity contribution in [2.75, 3.05) is 0 Å². The van der Waals surface area contributed by atoms with E-state index in [1.165, 1.54) is 19.1 Å². The molecule has 0 saturated heterocycles. The molecule has 0 aliphatic rings. The van der Waals surface area contributed by atoms with Crippen LogP contribution in [0.2, 0.25) is 0 Å². The first-order valence-corrected chi connectivity index (χ1v) is 3.24. The Hall–Kier alpha value is -0.700. The molecule has 0 radical (unpaired) electrons. The number of phenolic OH excluding ortho intramolecular Hbond substituents is 1. The van der Waals surface area contributed by atoms with E-state index >= 15 is 0 Å². The lowest BCUT2D eigenvalue weighted by Crippen LogP contribution is -1.82. The van der Waals surface area contributed by atoms with E-state index in [4.69, 9.17) is 5.11 Å². The van der Waals surface area contributed by atoms with Crippen molar-refractivity contribution in [1.82, 2.24) is 0 Å². The first kappa shape index (κ1) is 7.41. The lowest BCUT2D eigenvalue weighted by atomic mass is 10.2. The van der Waals surface area contributed by atoms with E-state index in [0.717, 1.165) is 0 Å². The molecule has 1 aromatic rings. The van der Waals surface area contributed by atoms with Gasteiger partial charge in [0.05, 0.1) is 0 Å². The van der Waals surface area contributed by atoms with Gasteiger partial charge < -0.3 is 5.11 Å². The minimum Gasteiger partial charge on any atom is -0.508 e. The normalized spacial score (nSPS) is 9.90. The monoisotopic (exact) mass is 158 g/mol. The summed E-state index contributed by atoms with van der Waals surface area (Å²) in [7, 11) is 0. The highest BCUT2D eigenvalue weighted by Gasteiger charge is 2.02. The second-order valence-electron chi connectivity index (χ2n) is 2.07. The Morgan fingerprint density at radius 2 is 2.10 bits per heavy atom. The predicted molar refractivity (Wildman–Crippen MR) is 40.1 cm³/mol. The third-order valence-electron chi connectivity index (χ3n) is 1.30. The molecule has 0 atom stereocenters. The second kappa shape index (κ2) is 2.50. The highest BCUT2D eigenvalue weighted by atomic mass is 32.1. The summed E-state index contributed by atoms with van der Waals surface area (Å²) in [6, 6.07) is 2.67. The van der Waals surface area contributed by atoms with Crippen LogP contribution in [0.15, 0.2) is 17.0 Å². The fraction of sp³-hybridized carbons (Fsp3) is 0.143. The molecule has 0 unspecified atom stereocenters. The van der Waals surface area contributed by atoms with Gasteiger partial charge in [0, 0.05) is 10.5 Å². The van der Waals surface area contributed by atoms with E-state index in [0.29, 0.717) is 4.90 Å². The van der Waals surface area contributed by atoms with Crippen LogP contribution in [0.1, 0.15) is 5.56 Å². The zero-order chi connectivity index (χ0) is 7.72. The molecule has 0 spiro atoms. The van der Waals surface area contributed by atoms with Crippen LogP contribution in [0.25, 0.3) is 0 Å². The lowest BCUT2D eigenvalue weighted by molar-refractivity contribution is 0.461. The molecule has 0 saturated carbocycles. The maximum Gasteiger partial charge on any atom is 0.130 e. The third kappa shape index (κ3) is 1.24. The third-order valence-corrected chi connectivity index (χ3v) is 1.56. The quantitative estimate of drug-likeness (QED) is 0.554. The smallest absolute Gasteiger partial charge is 0.130 e. The van der Waals surface area contributed by atoms with Gasteiger partial charge in [-0.25, -0.2) is 4.39 Å². The van der Waals surface area contributed by atoms with Crippen molar-refractivity contribution in [3.8, 4) is 5.75 Å². The van der Waals surface area contributed by atoms with Gasteiger partial charge in [-0.1, -0.05) is 0 Å². The number of halogens is 1. The summed E-state index contributed by atoms with van der Waals surface area (Å²) in [5.74, 6) is -0.477. The Morgan fingerprint density at radius 1 is 1.50 bits per heavy atom. The Bertz CT molecular complexity index is 237. The van der Waals surface area contributed by atoms with Gasteiger partial charge in [0.25, 0.3) is 0 Å². The highest BCUT2D eigenvalue weighted by molar-refractivity contribution is 7.80. The van der Waals surface area contributed by atoms with E-state index in [1.54, 1.807) is 0 Å². The highest BCUT2D eigenvalue weighted by Crippen LogP contribution is 2.22. The van der Waals surface area contributed by atoms with Crippen molar-refractivity contribution < 1.29 is 9.50 Å². The van der Waals surface area contributed by atoms with Crippen LogP contribution in [0, 0.1) is 12.7 Å². The van der Waals surface area contributed by atoms with Crippen molar-refractivity contribution in [1.29, 1.82) is 0 Å². The fourth-order valence-electron chi connectivity index (χ4n) is 0.650. The van der Waals surface area contributed by atoms with Crippen molar-refractivity contribution >= 4 is 12.6 Å². The standard InChI is InChI=1S/C7H7FOS/c1-4-6(8)2-5(10)3-7(4)9/h2-3,9-10H,1H3. The molecule has 10 heavy (non-hydrogen) atoms. The summed E-state index contributed by atoms with van der Waals surface area (Å²) >= 11 is 3.87. The lowest BCUT2D eigenvalue weighted by Gasteiger charge is -1.99. The van der Waals surface area contributed by atoms with Crippen LogP contribution in [0.4, 0.5) is 4.39 Å². The molecule has 0 aliphatic carbocycles. The predicted octanol–water partition coefficient (Wildman–Crippen LogP) is 2.13. The van der Waals surface area contributed by atoms with E-state index in [1.807, 2.05) is 0 Å². The number of hydrogen-bond acceptors (Lipinski definition) is 2. The van der Waals surface area contributed by atoms with Crippen LogP contribution >= 0.6 is 12.6 Å². The van der Waals surface area contributed by atoms with Crippen LogP contribution in [-0.2, 0) is 0 Å². The van der Waals surface area contributed by atoms with E-state index in [-0.39, 0.29) is 11.3 Å². The number of benzene rings is 1. The van der Waals surface area contributed by atoms with Crippen LogP contribution < -0.4 is 0 Å². The number of aromatic hydroxyl groups is 1. The first-order valence-electron chi connectivity index (χ1n) is 2.79. The first-order chi connectivity index (χ1) is 4.61. The summed E-state index contributed by atoms with van der Waals surface area (Å²) in [5.41, 5.74) is 0.262. The van der Waals surface area contributed by atoms with Gasteiger partial charge in [-0.05, 0) is 19.1 Å². The topological polar surface area (TPSA) is 20.2 Å². The fourth-order valence-corrected chi connectivity index (χ4v) is 0.886. The molecule has 0 heterocycles. The molecule has 1 nitrogen and oxygen atoms in total. The van der Waals surface area contributed by atoms with Gasteiger partial charge in [-0.2, -0.15) is 0 Å². The minimum absolute atomic E-state index is 0.0509. The Morgan fingerprint density at radius 3 is 2.60 bits per heavy atom. The molecular weight excluding hydrogens is 151 g/mol. The van der Waals surface area contributed by atoms with Crippen molar-refractivity contribution in [3.05, 3.63) is 23.5 Å². The van der Waals surface area contributed by atoms with Gasteiger partial charge in [0.1, 0.15) is 11.6 Å². The molecular formula is C7H7FOS. The van der Waals surface area contributed by atoms with E-state index in [9.17, 15) is 4.39 Å². The zero-order valence-electron chi connectivity index (χ0n) is 5.43. The van der Waals surface area contributed by atoms with Crippen LogP contribution in [-0.4, -0.2) is 5.11 Å². The number of hydrogen-bond donors (Lipinski definition) is 2. The SMILES string of the molecule is Cc1c(O)cc(S)cc1F.